The maximum Gasteiger partial charge on any atom is 0.266 e. The fourth-order valence-corrected chi connectivity index (χ4v) is 1.37. The first-order chi connectivity index (χ1) is 6.57. The number of aromatic nitrogens is 2. The molecule has 0 fully saturated rings. The summed E-state index contributed by atoms with van der Waals surface area (Å²) in [4.78, 5) is 11.9. The molecule has 0 saturated heterocycles. The number of hydrogen-bond donors (Lipinski definition) is 2. The molecular formula is C9H16N4O. The first kappa shape index (κ1) is 10.7. The van der Waals surface area contributed by atoms with Crippen LogP contribution in [-0.4, -0.2) is 28.8 Å². The molecule has 1 rings (SSSR count). The standard InChI is InChI=1S/C9H16N4O/c1-6(2)8(11-3)9(14)13-7(10)4-5-12-13/h4-6,8,11H,10H2,1-3H3. The Morgan fingerprint density at radius 3 is 2.64 bits per heavy atom. The molecule has 1 atom stereocenters. The van der Waals surface area contributed by atoms with E-state index in [9.17, 15) is 4.79 Å². The molecule has 1 unspecified atom stereocenters. The molecule has 0 aliphatic rings. The molecule has 1 heterocycles. The number of nitrogens with two attached hydrogens (primary N) is 1. The third-order valence-corrected chi connectivity index (χ3v) is 2.12. The first-order valence-electron chi connectivity index (χ1n) is 4.59. The summed E-state index contributed by atoms with van der Waals surface area (Å²) in [6.45, 7) is 3.94. The van der Waals surface area contributed by atoms with Gasteiger partial charge in [-0.15, -0.1) is 0 Å². The summed E-state index contributed by atoms with van der Waals surface area (Å²) in [5, 5.41) is 6.82. The van der Waals surface area contributed by atoms with Crippen LogP contribution in [0.3, 0.4) is 0 Å². The number of anilines is 1. The summed E-state index contributed by atoms with van der Waals surface area (Å²) >= 11 is 0. The molecule has 0 aliphatic heterocycles. The average Bonchev–Trinajstić information content (AvgIpc) is 2.51. The SMILES string of the molecule is CNC(C(=O)n1nccc1N)C(C)C. The summed E-state index contributed by atoms with van der Waals surface area (Å²) in [5.41, 5.74) is 5.59. The van der Waals surface area contributed by atoms with Crippen molar-refractivity contribution < 1.29 is 4.79 Å². The van der Waals surface area contributed by atoms with Gasteiger partial charge in [0.05, 0.1) is 12.2 Å². The maximum atomic E-state index is 11.9. The second-order valence-corrected chi connectivity index (χ2v) is 3.52. The number of hydrogen-bond acceptors (Lipinski definition) is 4. The van der Waals surface area contributed by atoms with E-state index in [4.69, 9.17) is 5.73 Å². The molecule has 0 aromatic carbocycles. The van der Waals surface area contributed by atoms with Crippen LogP contribution in [0.25, 0.3) is 0 Å². The van der Waals surface area contributed by atoms with Crippen LogP contribution in [0.1, 0.15) is 18.6 Å². The Kier molecular flexibility index (Phi) is 3.24. The van der Waals surface area contributed by atoms with E-state index in [-0.39, 0.29) is 17.9 Å². The second kappa shape index (κ2) is 4.23. The molecule has 78 valence electrons. The maximum absolute atomic E-state index is 11.9. The van der Waals surface area contributed by atoms with Crippen LogP contribution in [0, 0.1) is 5.92 Å². The highest BCUT2D eigenvalue weighted by Gasteiger charge is 2.23. The van der Waals surface area contributed by atoms with Crippen molar-refractivity contribution in [1.29, 1.82) is 0 Å². The number of nitrogens with one attached hydrogen (secondary N) is 1. The van der Waals surface area contributed by atoms with Crippen LogP contribution < -0.4 is 11.1 Å². The Balaban J connectivity index is 2.89. The number of rotatable bonds is 3. The fraction of sp³-hybridized carbons (Fsp3) is 0.556. The Hall–Kier alpha value is -1.36. The van der Waals surface area contributed by atoms with Crippen molar-refractivity contribution in [2.24, 2.45) is 5.92 Å². The minimum Gasteiger partial charge on any atom is -0.383 e. The number of carbonyl (C=O) groups is 1. The van der Waals surface area contributed by atoms with Gasteiger partial charge < -0.3 is 11.1 Å². The molecule has 14 heavy (non-hydrogen) atoms. The summed E-state index contributed by atoms with van der Waals surface area (Å²) in [7, 11) is 1.75. The third kappa shape index (κ3) is 1.93. The summed E-state index contributed by atoms with van der Waals surface area (Å²) < 4.78 is 1.22. The zero-order valence-corrected chi connectivity index (χ0v) is 8.69. The van der Waals surface area contributed by atoms with Crippen LogP contribution >= 0.6 is 0 Å². The smallest absolute Gasteiger partial charge is 0.266 e. The van der Waals surface area contributed by atoms with Crippen molar-refractivity contribution in [3.05, 3.63) is 12.3 Å². The quantitative estimate of drug-likeness (QED) is 0.731. The molecule has 0 radical (unpaired) electrons. The van der Waals surface area contributed by atoms with Gasteiger partial charge in [-0.25, -0.2) is 0 Å². The van der Waals surface area contributed by atoms with Gasteiger partial charge in [0.2, 0.25) is 0 Å². The van der Waals surface area contributed by atoms with Crippen LogP contribution in [-0.2, 0) is 0 Å². The Bertz CT molecular complexity index is 318. The molecular weight excluding hydrogens is 180 g/mol. The van der Waals surface area contributed by atoms with E-state index in [1.807, 2.05) is 13.8 Å². The molecule has 0 aliphatic carbocycles. The lowest BCUT2D eigenvalue weighted by atomic mass is 10.0. The van der Waals surface area contributed by atoms with Crippen molar-refractivity contribution >= 4 is 11.7 Å². The van der Waals surface area contributed by atoms with E-state index in [1.54, 1.807) is 13.1 Å². The summed E-state index contributed by atoms with van der Waals surface area (Å²) in [6.07, 6.45) is 1.51. The van der Waals surface area contributed by atoms with E-state index < -0.39 is 0 Å². The van der Waals surface area contributed by atoms with Gasteiger partial charge in [-0.1, -0.05) is 13.8 Å². The summed E-state index contributed by atoms with van der Waals surface area (Å²) in [5.74, 6) is 0.456. The van der Waals surface area contributed by atoms with Gasteiger partial charge in [-0.05, 0) is 13.0 Å². The van der Waals surface area contributed by atoms with Crippen molar-refractivity contribution in [2.75, 3.05) is 12.8 Å². The highest BCUT2D eigenvalue weighted by atomic mass is 16.2. The number of nitrogen functional groups attached to an aromatic ring is 1. The lowest BCUT2D eigenvalue weighted by Crippen LogP contribution is -2.42. The van der Waals surface area contributed by atoms with Gasteiger partial charge in [0.15, 0.2) is 0 Å². The Morgan fingerprint density at radius 2 is 2.29 bits per heavy atom. The predicted molar refractivity (Wildman–Crippen MR) is 55.0 cm³/mol. The van der Waals surface area contributed by atoms with E-state index in [1.165, 1.54) is 10.9 Å². The monoisotopic (exact) mass is 196 g/mol. The van der Waals surface area contributed by atoms with Gasteiger partial charge in [-0.3, -0.25) is 4.79 Å². The van der Waals surface area contributed by atoms with E-state index in [0.29, 0.717) is 5.82 Å². The van der Waals surface area contributed by atoms with Crippen molar-refractivity contribution in [3.63, 3.8) is 0 Å². The Morgan fingerprint density at radius 1 is 1.64 bits per heavy atom. The number of likely N-dealkylation sites (N-methyl/N-ethyl adjacent to an activating group) is 1. The fourth-order valence-electron chi connectivity index (χ4n) is 1.37. The molecule has 5 heteroatoms. The Labute approximate surface area is 83.3 Å². The number of carbonyl (C=O) groups excluding carboxylic acids is 1. The van der Waals surface area contributed by atoms with Crippen LogP contribution in [0.2, 0.25) is 0 Å². The van der Waals surface area contributed by atoms with E-state index in [0.717, 1.165) is 0 Å². The average molecular weight is 196 g/mol. The predicted octanol–water partition coefficient (Wildman–Crippen LogP) is 0.349. The molecule has 0 saturated carbocycles. The normalized spacial score (nSPS) is 13.1. The highest BCUT2D eigenvalue weighted by molar-refractivity contribution is 5.86. The van der Waals surface area contributed by atoms with Gasteiger partial charge in [-0.2, -0.15) is 9.78 Å². The van der Waals surface area contributed by atoms with Crippen LogP contribution in [0.15, 0.2) is 12.3 Å². The summed E-state index contributed by atoms with van der Waals surface area (Å²) in [6, 6.07) is 1.35. The van der Waals surface area contributed by atoms with Crippen molar-refractivity contribution in [2.45, 2.75) is 19.9 Å². The molecule has 0 spiro atoms. The third-order valence-electron chi connectivity index (χ3n) is 2.12. The second-order valence-electron chi connectivity index (χ2n) is 3.52. The van der Waals surface area contributed by atoms with Gasteiger partial charge in [0.25, 0.3) is 5.91 Å². The van der Waals surface area contributed by atoms with Gasteiger partial charge in [0, 0.05) is 6.07 Å². The minimum absolute atomic E-state index is 0.120. The van der Waals surface area contributed by atoms with Crippen molar-refractivity contribution in [1.82, 2.24) is 15.1 Å². The lowest BCUT2D eigenvalue weighted by molar-refractivity contribution is 0.0824. The largest absolute Gasteiger partial charge is 0.383 e. The minimum atomic E-state index is -0.253. The molecule has 0 bridgehead atoms. The zero-order chi connectivity index (χ0) is 10.7. The molecule has 5 nitrogen and oxygen atoms in total. The lowest BCUT2D eigenvalue weighted by Gasteiger charge is -2.18. The zero-order valence-electron chi connectivity index (χ0n) is 8.69. The van der Waals surface area contributed by atoms with E-state index >= 15 is 0 Å². The molecule has 0 amide bonds. The molecule has 3 N–H and O–H groups in total. The topological polar surface area (TPSA) is 72.9 Å². The van der Waals surface area contributed by atoms with Gasteiger partial charge >= 0.3 is 0 Å². The van der Waals surface area contributed by atoms with E-state index in [2.05, 4.69) is 10.4 Å². The molecule has 1 aromatic rings. The van der Waals surface area contributed by atoms with Crippen LogP contribution in [0.5, 0.6) is 0 Å². The number of nitrogens with zero attached hydrogens (tertiary/aromatic N) is 2. The molecule has 1 aromatic heterocycles. The first-order valence-corrected chi connectivity index (χ1v) is 4.59. The van der Waals surface area contributed by atoms with Gasteiger partial charge in [0.1, 0.15) is 5.82 Å². The van der Waals surface area contributed by atoms with Crippen molar-refractivity contribution in [3.8, 4) is 0 Å². The highest BCUT2D eigenvalue weighted by Crippen LogP contribution is 2.07. The van der Waals surface area contributed by atoms with Crippen LogP contribution in [0.4, 0.5) is 5.82 Å².